The van der Waals surface area contributed by atoms with E-state index >= 15 is 0 Å². The van der Waals surface area contributed by atoms with Crippen LogP contribution >= 0.6 is 12.2 Å². The van der Waals surface area contributed by atoms with Gasteiger partial charge in [-0.15, -0.1) is 0 Å². The fraction of sp³-hybridized carbons (Fsp3) is 0.556. The zero-order valence-electron chi connectivity index (χ0n) is 15.3. The molecule has 6 heteroatoms. The van der Waals surface area contributed by atoms with Crippen molar-refractivity contribution in [3.8, 4) is 0 Å². The van der Waals surface area contributed by atoms with Gasteiger partial charge in [-0.05, 0) is 17.5 Å². The lowest BCUT2D eigenvalue weighted by molar-refractivity contribution is -0.0966. The fourth-order valence-corrected chi connectivity index (χ4v) is 3.19. The second kappa shape index (κ2) is 9.11. The van der Waals surface area contributed by atoms with Crippen LogP contribution in [0.1, 0.15) is 31.1 Å². The highest BCUT2D eigenvalue weighted by molar-refractivity contribution is 7.80. The number of rotatable bonds is 7. The molecule has 0 bridgehead atoms. The molecular formula is C18H28N2O3S. The van der Waals surface area contributed by atoms with Gasteiger partial charge in [-0.2, -0.15) is 0 Å². The average Bonchev–Trinajstić information content (AvgIpc) is 2.54. The third-order valence-corrected chi connectivity index (χ3v) is 4.13. The summed E-state index contributed by atoms with van der Waals surface area (Å²) in [6.07, 6.45) is -0.390. The van der Waals surface area contributed by atoms with Crippen molar-refractivity contribution < 1.29 is 14.3 Å². The molecular weight excluding hydrogens is 324 g/mol. The molecule has 1 N–H and O–H groups in total. The van der Waals surface area contributed by atoms with Crippen LogP contribution in [0.25, 0.3) is 0 Å². The Kier molecular flexibility index (Phi) is 7.79. The van der Waals surface area contributed by atoms with Crippen LogP contribution in [0.15, 0.2) is 30.3 Å². The van der Waals surface area contributed by atoms with Crippen molar-refractivity contribution >= 4 is 23.1 Å². The number of ether oxygens (including phenoxy) is 2. The minimum atomic E-state index is -0.390. The van der Waals surface area contributed by atoms with Crippen molar-refractivity contribution in [1.29, 1.82) is 0 Å². The molecule has 1 unspecified atom stereocenters. The van der Waals surface area contributed by atoms with Crippen LogP contribution in [-0.4, -0.2) is 55.9 Å². The Hall–Kier alpha value is -1.50. The maximum absolute atomic E-state index is 12.8. The molecule has 0 saturated heterocycles. The van der Waals surface area contributed by atoms with Crippen LogP contribution in [0.3, 0.4) is 0 Å². The van der Waals surface area contributed by atoms with E-state index in [9.17, 15) is 4.79 Å². The third-order valence-electron chi connectivity index (χ3n) is 3.77. The van der Waals surface area contributed by atoms with E-state index in [0.717, 1.165) is 0 Å². The molecule has 0 spiro atoms. The molecule has 1 amide bonds. The number of nitrogens with one attached hydrogen (secondary N) is 1. The van der Waals surface area contributed by atoms with Gasteiger partial charge in [0.1, 0.15) is 0 Å². The van der Waals surface area contributed by atoms with Crippen molar-refractivity contribution in [3.63, 3.8) is 0 Å². The predicted molar refractivity (Wildman–Crippen MR) is 100 cm³/mol. The number of hydrogen-bond donors (Lipinski definition) is 1. The summed E-state index contributed by atoms with van der Waals surface area (Å²) in [5, 5.41) is 3.17. The lowest BCUT2D eigenvalue weighted by atomic mass is 9.85. The van der Waals surface area contributed by atoms with Crippen LogP contribution in [-0.2, 0) is 9.47 Å². The molecule has 1 atom stereocenters. The van der Waals surface area contributed by atoms with Crippen molar-refractivity contribution in [3.05, 3.63) is 35.9 Å². The number of nitrogens with zero attached hydrogens (tertiary/aromatic N) is 1. The molecule has 0 aromatic heterocycles. The Labute approximate surface area is 150 Å². The molecule has 0 aliphatic rings. The molecule has 0 heterocycles. The van der Waals surface area contributed by atoms with E-state index in [1.807, 2.05) is 18.2 Å². The second-order valence-electron chi connectivity index (χ2n) is 6.70. The number of hydrogen-bond acceptors (Lipinski definition) is 4. The largest absolute Gasteiger partial charge is 0.373 e. The number of benzene rings is 1. The van der Waals surface area contributed by atoms with Gasteiger partial charge in [0, 0.05) is 26.8 Å². The molecule has 0 radical (unpaired) electrons. The summed E-state index contributed by atoms with van der Waals surface area (Å²) in [6.45, 7) is 6.60. The Morgan fingerprint density at radius 1 is 1.21 bits per heavy atom. The maximum Gasteiger partial charge on any atom is 0.254 e. The van der Waals surface area contributed by atoms with Crippen molar-refractivity contribution in [2.24, 2.45) is 5.41 Å². The van der Waals surface area contributed by atoms with Gasteiger partial charge in [0.25, 0.3) is 5.91 Å². The van der Waals surface area contributed by atoms with Crippen LogP contribution in [0.2, 0.25) is 0 Å². The van der Waals surface area contributed by atoms with E-state index in [2.05, 4.69) is 26.1 Å². The highest BCUT2D eigenvalue weighted by Crippen LogP contribution is 2.25. The molecule has 5 nitrogen and oxygen atoms in total. The van der Waals surface area contributed by atoms with Gasteiger partial charge in [0.2, 0.25) is 0 Å². The topological polar surface area (TPSA) is 50.8 Å². The first-order valence-corrected chi connectivity index (χ1v) is 8.28. The van der Waals surface area contributed by atoms with E-state index in [-0.39, 0.29) is 17.4 Å². The zero-order valence-corrected chi connectivity index (χ0v) is 16.1. The van der Waals surface area contributed by atoms with Gasteiger partial charge in [-0.3, -0.25) is 4.79 Å². The highest BCUT2D eigenvalue weighted by atomic mass is 32.1. The smallest absolute Gasteiger partial charge is 0.254 e. The third kappa shape index (κ3) is 5.54. The standard InChI is InChI=1S/C18H28N2O3S/c1-18(2,3)15(16(24)19-12-14(22-5)23-6)20(4)17(21)13-10-8-7-9-11-13/h7-11,14-15H,12H2,1-6H3,(H,19,24). The SMILES string of the molecule is COC(CNC(=S)C(N(C)C(=O)c1ccccc1)C(C)(C)C)OC. The Balaban J connectivity index is 2.92. The summed E-state index contributed by atoms with van der Waals surface area (Å²) in [5.41, 5.74) is 0.419. The monoisotopic (exact) mass is 352 g/mol. The maximum atomic E-state index is 12.8. The van der Waals surface area contributed by atoms with E-state index in [1.165, 1.54) is 0 Å². The van der Waals surface area contributed by atoms with E-state index in [0.29, 0.717) is 17.1 Å². The normalized spacial score (nSPS) is 12.8. The average molecular weight is 353 g/mol. The molecule has 0 fully saturated rings. The van der Waals surface area contributed by atoms with Gasteiger partial charge in [-0.25, -0.2) is 0 Å². The van der Waals surface area contributed by atoms with Crippen molar-refractivity contribution in [1.82, 2.24) is 10.2 Å². The van der Waals surface area contributed by atoms with Crippen molar-refractivity contribution in [2.75, 3.05) is 27.8 Å². The minimum Gasteiger partial charge on any atom is -0.373 e. The van der Waals surface area contributed by atoms with Crippen LogP contribution in [0.4, 0.5) is 0 Å². The second-order valence-corrected chi connectivity index (χ2v) is 7.14. The molecule has 134 valence electrons. The summed E-state index contributed by atoms with van der Waals surface area (Å²) in [4.78, 5) is 15.1. The number of amides is 1. The van der Waals surface area contributed by atoms with Crippen LogP contribution < -0.4 is 5.32 Å². The number of thiocarbonyl (C=S) groups is 1. The Morgan fingerprint density at radius 2 is 1.75 bits per heavy atom. The summed E-state index contributed by atoms with van der Waals surface area (Å²) in [7, 11) is 4.93. The quantitative estimate of drug-likeness (QED) is 0.604. The highest BCUT2D eigenvalue weighted by Gasteiger charge is 2.35. The van der Waals surface area contributed by atoms with Crippen LogP contribution in [0.5, 0.6) is 0 Å². The predicted octanol–water partition coefficient (Wildman–Crippen LogP) is 2.71. The summed E-state index contributed by atoms with van der Waals surface area (Å²) < 4.78 is 10.3. The van der Waals surface area contributed by atoms with E-state index in [1.54, 1.807) is 38.3 Å². The van der Waals surface area contributed by atoms with E-state index in [4.69, 9.17) is 21.7 Å². The lowest BCUT2D eigenvalue weighted by Gasteiger charge is -2.39. The summed E-state index contributed by atoms with van der Waals surface area (Å²) >= 11 is 5.57. The fourth-order valence-electron chi connectivity index (χ4n) is 2.60. The summed E-state index contributed by atoms with van der Waals surface area (Å²) in [5.74, 6) is -0.0605. The molecule has 1 aromatic rings. The molecule has 0 aliphatic carbocycles. The molecule has 1 aromatic carbocycles. The van der Waals surface area contributed by atoms with Crippen molar-refractivity contribution in [2.45, 2.75) is 33.1 Å². The molecule has 24 heavy (non-hydrogen) atoms. The summed E-state index contributed by atoms with van der Waals surface area (Å²) in [6, 6.07) is 8.95. The van der Waals surface area contributed by atoms with Gasteiger partial charge in [0.05, 0.1) is 17.6 Å². The van der Waals surface area contributed by atoms with Gasteiger partial charge >= 0.3 is 0 Å². The zero-order chi connectivity index (χ0) is 18.3. The molecule has 0 aliphatic heterocycles. The first kappa shape index (κ1) is 20.5. The molecule has 1 rings (SSSR count). The van der Waals surface area contributed by atoms with Gasteiger partial charge in [0.15, 0.2) is 6.29 Å². The Bertz CT molecular complexity index is 539. The number of methoxy groups -OCH3 is 2. The Morgan fingerprint density at radius 3 is 2.21 bits per heavy atom. The van der Waals surface area contributed by atoms with Crippen LogP contribution in [0, 0.1) is 5.41 Å². The molecule has 0 saturated carbocycles. The number of carbonyl (C=O) groups excluding carboxylic acids is 1. The van der Waals surface area contributed by atoms with E-state index < -0.39 is 6.29 Å². The van der Waals surface area contributed by atoms with Gasteiger partial charge in [-0.1, -0.05) is 51.2 Å². The minimum absolute atomic E-state index is 0.0605. The van der Waals surface area contributed by atoms with Gasteiger partial charge < -0.3 is 19.7 Å². The first-order chi connectivity index (χ1) is 11.2. The number of likely N-dealkylation sites (N-methyl/N-ethyl adjacent to an activating group) is 1. The lowest BCUT2D eigenvalue weighted by Crippen LogP contribution is -2.54. The number of carbonyl (C=O) groups is 1. The first-order valence-electron chi connectivity index (χ1n) is 7.88.